The first-order valence-electron chi connectivity index (χ1n) is 7.52. The fourth-order valence-electron chi connectivity index (χ4n) is 2.38. The molecule has 0 radical (unpaired) electrons. The summed E-state index contributed by atoms with van der Waals surface area (Å²) >= 11 is 0. The van der Waals surface area contributed by atoms with E-state index < -0.39 is 14.9 Å². The lowest BCUT2D eigenvalue weighted by atomic mass is 10.3. The number of benzene rings is 1. The number of nitrogens with one attached hydrogen (secondary N) is 1. The number of sulfonamides is 1. The van der Waals surface area contributed by atoms with Crippen molar-refractivity contribution in [3.05, 3.63) is 34.4 Å². The molecule has 1 aromatic rings. The van der Waals surface area contributed by atoms with Gasteiger partial charge in [0, 0.05) is 44.4 Å². The molecule has 1 heterocycles. The predicted molar refractivity (Wildman–Crippen MR) is 87.1 cm³/mol. The maximum Gasteiger partial charge on any atom is 0.317 e. The quantitative estimate of drug-likeness (QED) is 0.639. The van der Waals surface area contributed by atoms with Crippen LogP contribution in [-0.2, 0) is 10.0 Å². The topological polar surface area (TPSA) is 113 Å². The number of rotatable bonds is 4. The molecule has 1 aliphatic heterocycles. The minimum atomic E-state index is -3.82. The molecule has 0 atom stereocenters. The van der Waals surface area contributed by atoms with Crippen LogP contribution in [0, 0.1) is 10.1 Å². The van der Waals surface area contributed by atoms with Crippen LogP contribution in [0.5, 0.6) is 0 Å². The number of nitro benzene ring substituents is 1. The number of amides is 2. The van der Waals surface area contributed by atoms with Gasteiger partial charge in [0.2, 0.25) is 10.0 Å². The van der Waals surface area contributed by atoms with Gasteiger partial charge in [-0.2, -0.15) is 4.31 Å². The van der Waals surface area contributed by atoms with Crippen LogP contribution in [0.1, 0.15) is 13.8 Å². The molecule has 0 bridgehead atoms. The molecule has 2 amide bonds. The van der Waals surface area contributed by atoms with Crippen molar-refractivity contribution in [1.82, 2.24) is 14.5 Å². The van der Waals surface area contributed by atoms with Gasteiger partial charge >= 0.3 is 6.03 Å². The zero-order chi connectivity index (χ0) is 17.9. The van der Waals surface area contributed by atoms with Crippen LogP contribution in [-0.4, -0.2) is 60.8 Å². The highest BCUT2D eigenvalue weighted by Gasteiger charge is 2.31. The first-order valence-corrected chi connectivity index (χ1v) is 8.96. The maximum atomic E-state index is 12.6. The van der Waals surface area contributed by atoms with Gasteiger partial charge in [0.25, 0.3) is 5.69 Å². The van der Waals surface area contributed by atoms with Gasteiger partial charge in [0.1, 0.15) is 0 Å². The summed E-state index contributed by atoms with van der Waals surface area (Å²) in [5, 5.41) is 13.6. The molecule has 1 saturated heterocycles. The fraction of sp³-hybridized carbons (Fsp3) is 0.500. The van der Waals surface area contributed by atoms with E-state index in [0.717, 1.165) is 6.07 Å². The van der Waals surface area contributed by atoms with Crippen LogP contribution in [0.3, 0.4) is 0 Å². The number of nitro groups is 1. The van der Waals surface area contributed by atoms with Crippen LogP contribution in [0.2, 0.25) is 0 Å². The van der Waals surface area contributed by atoms with E-state index in [-0.39, 0.29) is 48.8 Å². The smallest absolute Gasteiger partial charge is 0.317 e. The summed E-state index contributed by atoms with van der Waals surface area (Å²) in [6.07, 6.45) is 0. The van der Waals surface area contributed by atoms with Crippen molar-refractivity contribution in [3.63, 3.8) is 0 Å². The number of piperazine rings is 1. The first-order chi connectivity index (χ1) is 11.2. The molecule has 10 heteroatoms. The lowest BCUT2D eigenvalue weighted by molar-refractivity contribution is -0.385. The molecule has 132 valence electrons. The van der Waals surface area contributed by atoms with Crippen LogP contribution >= 0.6 is 0 Å². The molecule has 24 heavy (non-hydrogen) atoms. The third-order valence-corrected chi connectivity index (χ3v) is 5.50. The minimum Gasteiger partial charge on any atom is -0.336 e. The van der Waals surface area contributed by atoms with Gasteiger partial charge in [-0.25, -0.2) is 13.2 Å². The van der Waals surface area contributed by atoms with E-state index >= 15 is 0 Å². The number of hydrogen-bond acceptors (Lipinski definition) is 5. The molecule has 1 N–H and O–H groups in total. The molecular formula is C14H20N4O5S. The molecule has 0 saturated carbocycles. The number of non-ortho nitro benzene ring substituents is 1. The average Bonchev–Trinajstić information content (AvgIpc) is 2.54. The molecule has 1 fully saturated rings. The SMILES string of the molecule is CC(C)NC(=O)N1CCN(S(=O)(=O)c2cccc([N+](=O)[O-])c2)CC1. The second-order valence-corrected chi connectivity index (χ2v) is 7.69. The van der Waals surface area contributed by atoms with Crippen molar-refractivity contribution < 1.29 is 18.1 Å². The highest BCUT2D eigenvalue weighted by Crippen LogP contribution is 2.22. The summed E-state index contributed by atoms with van der Waals surface area (Å²) < 4.78 is 26.4. The highest BCUT2D eigenvalue weighted by molar-refractivity contribution is 7.89. The largest absolute Gasteiger partial charge is 0.336 e. The van der Waals surface area contributed by atoms with Crippen LogP contribution in [0.25, 0.3) is 0 Å². The Morgan fingerprint density at radius 1 is 1.25 bits per heavy atom. The Labute approximate surface area is 140 Å². The average molecular weight is 356 g/mol. The van der Waals surface area contributed by atoms with E-state index in [4.69, 9.17) is 0 Å². The molecule has 2 rings (SSSR count). The predicted octanol–water partition coefficient (Wildman–Crippen LogP) is 1.02. The van der Waals surface area contributed by atoms with E-state index in [1.807, 2.05) is 13.8 Å². The van der Waals surface area contributed by atoms with Crippen LogP contribution in [0.4, 0.5) is 10.5 Å². The summed E-state index contributed by atoms with van der Waals surface area (Å²) in [4.78, 5) is 23.5. The lowest BCUT2D eigenvalue weighted by Gasteiger charge is -2.34. The zero-order valence-corrected chi connectivity index (χ0v) is 14.3. The molecule has 9 nitrogen and oxygen atoms in total. The molecular weight excluding hydrogens is 336 g/mol. The molecule has 0 spiro atoms. The summed E-state index contributed by atoms with van der Waals surface area (Å²) in [5.41, 5.74) is -0.272. The van der Waals surface area contributed by atoms with Gasteiger partial charge in [0.05, 0.1) is 9.82 Å². The summed E-state index contributed by atoms with van der Waals surface area (Å²) in [7, 11) is -3.82. The van der Waals surface area contributed by atoms with Crippen molar-refractivity contribution in [2.75, 3.05) is 26.2 Å². The molecule has 1 aliphatic rings. The normalized spacial score (nSPS) is 16.2. The Bertz CT molecular complexity index is 726. The number of carbonyl (C=O) groups is 1. The molecule has 0 aromatic heterocycles. The van der Waals surface area contributed by atoms with E-state index in [2.05, 4.69) is 5.32 Å². The van der Waals surface area contributed by atoms with Crippen molar-refractivity contribution in [2.45, 2.75) is 24.8 Å². The maximum absolute atomic E-state index is 12.6. The van der Waals surface area contributed by atoms with E-state index in [9.17, 15) is 23.3 Å². The molecule has 0 aliphatic carbocycles. The van der Waals surface area contributed by atoms with Crippen LogP contribution < -0.4 is 5.32 Å². The Kier molecular flexibility index (Phi) is 5.40. The van der Waals surface area contributed by atoms with E-state index in [1.54, 1.807) is 4.90 Å². The molecule has 0 unspecified atom stereocenters. The highest BCUT2D eigenvalue weighted by atomic mass is 32.2. The van der Waals surface area contributed by atoms with E-state index in [1.165, 1.54) is 22.5 Å². The number of carbonyl (C=O) groups excluding carboxylic acids is 1. The lowest BCUT2D eigenvalue weighted by Crippen LogP contribution is -2.53. The Morgan fingerprint density at radius 3 is 2.42 bits per heavy atom. The van der Waals surface area contributed by atoms with Crippen molar-refractivity contribution in [3.8, 4) is 0 Å². The number of nitrogens with zero attached hydrogens (tertiary/aromatic N) is 3. The van der Waals surface area contributed by atoms with Gasteiger partial charge in [-0.15, -0.1) is 0 Å². The fourth-order valence-corrected chi connectivity index (χ4v) is 3.84. The second kappa shape index (κ2) is 7.14. The van der Waals surface area contributed by atoms with Crippen LogP contribution in [0.15, 0.2) is 29.2 Å². The third-order valence-electron chi connectivity index (χ3n) is 3.60. The van der Waals surface area contributed by atoms with Gasteiger partial charge < -0.3 is 10.2 Å². The molecule has 1 aromatic carbocycles. The van der Waals surface area contributed by atoms with Crippen molar-refractivity contribution in [1.29, 1.82) is 0 Å². The summed E-state index contributed by atoms with van der Waals surface area (Å²) in [6, 6.07) is 4.75. The zero-order valence-electron chi connectivity index (χ0n) is 13.5. The Hall–Kier alpha value is -2.20. The Balaban J connectivity index is 2.09. The first kappa shape index (κ1) is 18.1. The minimum absolute atomic E-state index is 0.00382. The number of hydrogen-bond donors (Lipinski definition) is 1. The summed E-state index contributed by atoms with van der Waals surface area (Å²) in [5.74, 6) is 0. The number of urea groups is 1. The monoisotopic (exact) mass is 356 g/mol. The summed E-state index contributed by atoms with van der Waals surface area (Å²) in [6.45, 7) is 4.54. The second-order valence-electron chi connectivity index (χ2n) is 5.75. The van der Waals surface area contributed by atoms with Gasteiger partial charge in [0.15, 0.2) is 0 Å². The standard InChI is InChI=1S/C14H20N4O5S/c1-11(2)15-14(19)16-6-8-17(9-7-16)24(22,23)13-5-3-4-12(10-13)18(20)21/h3-5,10-11H,6-9H2,1-2H3,(H,15,19). The Morgan fingerprint density at radius 2 is 1.88 bits per heavy atom. The van der Waals surface area contributed by atoms with Gasteiger partial charge in [-0.1, -0.05) is 6.07 Å². The van der Waals surface area contributed by atoms with Crippen molar-refractivity contribution in [2.24, 2.45) is 0 Å². The van der Waals surface area contributed by atoms with Gasteiger partial charge in [-0.05, 0) is 19.9 Å². The van der Waals surface area contributed by atoms with Crippen molar-refractivity contribution >= 4 is 21.7 Å². The van der Waals surface area contributed by atoms with E-state index in [0.29, 0.717) is 0 Å². The van der Waals surface area contributed by atoms with Gasteiger partial charge in [-0.3, -0.25) is 10.1 Å². The third kappa shape index (κ3) is 4.01.